The van der Waals surface area contributed by atoms with Crippen LogP contribution in [-0.2, 0) is 4.79 Å². The van der Waals surface area contributed by atoms with Crippen molar-refractivity contribution in [3.8, 4) is 0 Å². The standard InChI is InChI=1S/C9H19BrN2O/c1-4-12(5-2)7-8(3)11-9(13)6-10/h8H,4-7H2,1-3H3,(H,11,13). The topological polar surface area (TPSA) is 32.3 Å². The van der Waals surface area contributed by atoms with Crippen LogP contribution in [0.15, 0.2) is 0 Å². The molecule has 0 aromatic carbocycles. The largest absolute Gasteiger partial charge is 0.352 e. The fourth-order valence-corrected chi connectivity index (χ4v) is 1.39. The van der Waals surface area contributed by atoms with Crippen LogP contribution in [-0.4, -0.2) is 41.8 Å². The zero-order chi connectivity index (χ0) is 10.3. The number of rotatable bonds is 6. The molecule has 1 unspecified atom stereocenters. The highest BCUT2D eigenvalue weighted by Crippen LogP contribution is 1.92. The number of amides is 1. The summed E-state index contributed by atoms with van der Waals surface area (Å²) in [5.74, 6) is 0.0552. The van der Waals surface area contributed by atoms with Gasteiger partial charge in [0.05, 0.1) is 5.33 Å². The van der Waals surface area contributed by atoms with Crippen LogP contribution in [0.1, 0.15) is 20.8 Å². The van der Waals surface area contributed by atoms with Crippen molar-refractivity contribution < 1.29 is 4.79 Å². The Bertz CT molecular complexity index is 149. The summed E-state index contributed by atoms with van der Waals surface area (Å²) in [6.45, 7) is 9.27. The van der Waals surface area contributed by atoms with Gasteiger partial charge in [-0.2, -0.15) is 0 Å². The number of nitrogens with zero attached hydrogens (tertiary/aromatic N) is 1. The van der Waals surface area contributed by atoms with E-state index in [1.165, 1.54) is 0 Å². The molecule has 0 saturated heterocycles. The first-order chi connectivity index (χ1) is 6.13. The molecule has 0 bridgehead atoms. The molecule has 1 atom stereocenters. The van der Waals surface area contributed by atoms with E-state index in [1.54, 1.807) is 0 Å². The predicted molar refractivity (Wildman–Crippen MR) is 59.2 cm³/mol. The molecule has 0 aliphatic rings. The van der Waals surface area contributed by atoms with Crippen LogP contribution < -0.4 is 5.32 Å². The number of carbonyl (C=O) groups excluding carboxylic acids is 1. The lowest BCUT2D eigenvalue weighted by Gasteiger charge is -2.23. The lowest BCUT2D eigenvalue weighted by Crippen LogP contribution is -2.42. The van der Waals surface area contributed by atoms with Crippen LogP contribution in [0.3, 0.4) is 0 Å². The number of alkyl halides is 1. The summed E-state index contributed by atoms with van der Waals surface area (Å²) < 4.78 is 0. The van der Waals surface area contributed by atoms with Crippen LogP contribution in [0.2, 0.25) is 0 Å². The SMILES string of the molecule is CCN(CC)CC(C)NC(=O)CBr. The van der Waals surface area contributed by atoms with Crippen molar-refractivity contribution in [1.82, 2.24) is 10.2 Å². The highest BCUT2D eigenvalue weighted by molar-refractivity contribution is 9.09. The van der Waals surface area contributed by atoms with Crippen molar-refractivity contribution >= 4 is 21.8 Å². The monoisotopic (exact) mass is 250 g/mol. The van der Waals surface area contributed by atoms with Gasteiger partial charge in [0.15, 0.2) is 0 Å². The Morgan fingerprint density at radius 3 is 2.38 bits per heavy atom. The first-order valence-electron chi connectivity index (χ1n) is 4.71. The van der Waals surface area contributed by atoms with Gasteiger partial charge in [0.1, 0.15) is 0 Å². The highest BCUT2D eigenvalue weighted by Gasteiger charge is 2.08. The number of carbonyl (C=O) groups is 1. The molecule has 0 aromatic rings. The summed E-state index contributed by atoms with van der Waals surface area (Å²) in [5.41, 5.74) is 0. The predicted octanol–water partition coefficient (Wildman–Crippen LogP) is 1.23. The molecule has 1 N–H and O–H groups in total. The average Bonchev–Trinajstić information content (AvgIpc) is 2.13. The Kier molecular flexibility index (Phi) is 7.28. The minimum atomic E-state index is 0.0552. The Morgan fingerprint density at radius 1 is 1.46 bits per heavy atom. The van der Waals surface area contributed by atoms with Gasteiger partial charge in [0.25, 0.3) is 0 Å². The molecule has 0 rings (SSSR count). The number of likely N-dealkylation sites (N-methyl/N-ethyl adjacent to an activating group) is 1. The van der Waals surface area contributed by atoms with Crippen LogP contribution in [0.25, 0.3) is 0 Å². The molecule has 0 aliphatic heterocycles. The minimum absolute atomic E-state index is 0.0552. The van der Waals surface area contributed by atoms with Gasteiger partial charge in [-0.15, -0.1) is 0 Å². The second-order valence-corrected chi connectivity index (χ2v) is 3.65. The maximum atomic E-state index is 11.0. The quantitative estimate of drug-likeness (QED) is 0.720. The van der Waals surface area contributed by atoms with E-state index in [1.807, 2.05) is 6.92 Å². The van der Waals surface area contributed by atoms with Gasteiger partial charge in [0.2, 0.25) is 5.91 Å². The molecule has 0 aromatic heterocycles. The highest BCUT2D eigenvalue weighted by atomic mass is 79.9. The number of nitrogens with one attached hydrogen (secondary N) is 1. The molecule has 1 amide bonds. The van der Waals surface area contributed by atoms with Crippen LogP contribution in [0.4, 0.5) is 0 Å². The third-order valence-electron chi connectivity index (χ3n) is 1.96. The van der Waals surface area contributed by atoms with Crippen LogP contribution in [0, 0.1) is 0 Å². The maximum Gasteiger partial charge on any atom is 0.230 e. The van der Waals surface area contributed by atoms with E-state index in [0.29, 0.717) is 5.33 Å². The summed E-state index contributed by atoms with van der Waals surface area (Å²) in [7, 11) is 0. The molecular weight excluding hydrogens is 232 g/mol. The van der Waals surface area contributed by atoms with E-state index < -0.39 is 0 Å². The Balaban J connectivity index is 3.71. The summed E-state index contributed by atoms with van der Waals surface area (Å²) in [6, 6.07) is 0.227. The summed E-state index contributed by atoms with van der Waals surface area (Å²) >= 11 is 3.12. The molecule has 4 heteroatoms. The minimum Gasteiger partial charge on any atom is -0.352 e. The molecule has 0 aliphatic carbocycles. The summed E-state index contributed by atoms with van der Waals surface area (Å²) in [4.78, 5) is 13.3. The van der Waals surface area contributed by atoms with Gasteiger partial charge < -0.3 is 10.2 Å². The van der Waals surface area contributed by atoms with Crippen LogP contribution >= 0.6 is 15.9 Å². The first-order valence-corrected chi connectivity index (χ1v) is 5.83. The molecule has 0 heterocycles. The zero-order valence-electron chi connectivity index (χ0n) is 8.64. The molecule has 0 fully saturated rings. The Hall–Kier alpha value is -0.0900. The molecule has 78 valence electrons. The van der Waals surface area contributed by atoms with Crippen molar-refractivity contribution in [2.45, 2.75) is 26.8 Å². The Labute approximate surface area is 89.0 Å². The van der Waals surface area contributed by atoms with Gasteiger partial charge in [-0.3, -0.25) is 4.79 Å². The lowest BCUT2D eigenvalue weighted by molar-refractivity contribution is -0.119. The van der Waals surface area contributed by atoms with Crippen molar-refractivity contribution in [1.29, 1.82) is 0 Å². The van der Waals surface area contributed by atoms with Gasteiger partial charge in [-0.25, -0.2) is 0 Å². The van der Waals surface area contributed by atoms with Crippen molar-refractivity contribution in [3.05, 3.63) is 0 Å². The molecule has 0 spiro atoms. The van der Waals surface area contributed by atoms with E-state index in [0.717, 1.165) is 19.6 Å². The fourth-order valence-electron chi connectivity index (χ4n) is 1.23. The van der Waals surface area contributed by atoms with E-state index >= 15 is 0 Å². The Morgan fingerprint density at radius 2 is 2.00 bits per heavy atom. The molecule has 0 saturated carbocycles. The third kappa shape index (κ3) is 6.05. The van der Waals surface area contributed by atoms with Gasteiger partial charge in [-0.05, 0) is 20.0 Å². The van der Waals surface area contributed by atoms with Crippen molar-refractivity contribution in [2.24, 2.45) is 0 Å². The zero-order valence-corrected chi connectivity index (χ0v) is 10.2. The number of hydrogen-bond donors (Lipinski definition) is 1. The van der Waals surface area contributed by atoms with Crippen LogP contribution in [0.5, 0.6) is 0 Å². The lowest BCUT2D eigenvalue weighted by atomic mass is 10.3. The molecular formula is C9H19BrN2O. The van der Waals surface area contributed by atoms with Crippen molar-refractivity contribution in [3.63, 3.8) is 0 Å². The van der Waals surface area contributed by atoms with Crippen molar-refractivity contribution in [2.75, 3.05) is 25.0 Å². The molecule has 13 heavy (non-hydrogen) atoms. The summed E-state index contributed by atoms with van der Waals surface area (Å²) in [5, 5.41) is 3.29. The smallest absolute Gasteiger partial charge is 0.230 e. The average molecular weight is 251 g/mol. The summed E-state index contributed by atoms with van der Waals surface area (Å²) in [6.07, 6.45) is 0. The van der Waals surface area contributed by atoms with E-state index in [-0.39, 0.29) is 11.9 Å². The van der Waals surface area contributed by atoms with E-state index in [4.69, 9.17) is 0 Å². The normalized spacial score (nSPS) is 13.0. The second-order valence-electron chi connectivity index (χ2n) is 3.09. The van der Waals surface area contributed by atoms with E-state index in [2.05, 4.69) is 40.0 Å². The maximum absolute atomic E-state index is 11.0. The van der Waals surface area contributed by atoms with Gasteiger partial charge in [0, 0.05) is 12.6 Å². The second kappa shape index (κ2) is 7.33. The van der Waals surface area contributed by atoms with Gasteiger partial charge in [-0.1, -0.05) is 29.8 Å². The van der Waals surface area contributed by atoms with E-state index in [9.17, 15) is 4.79 Å². The number of halogens is 1. The number of hydrogen-bond acceptors (Lipinski definition) is 2. The third-order valence-corrected chi connectivity index (χ3v) is 2.46. The van der Waals surface area contributed by atoms with Gasteiger partial charge >= 0.3 is 0 Å². The fraction of sp³-hybridized carbons (Fsp3) is 0.889. The first kappa shape index (κ1) is 12.9. The molecule has 0 radical (unpaired) electrons. The molecule has 3 nitrogen and oxygen atoms in total.